The Morgan fingerprint density at radius 2 is 1.75 bits per heavy atom. The van der Waals surface area contributed by atoms with Crippen LogP contribution < -0.4 is 10.2 Å². The van der Waals surface area contributed by atoms with Gasteiger partial charge in [0.15, 0.2) is 0 Å². The molecule has 0 aliphatic carbocycles. The van der Waals surface area contributed by atoms with Crippen LogP contribution in [0.25, 0.3) is 10.9 Å². The molecule has 1 aliphatic rings. The molecule has 3 N–H and O–H groups in total. The number of amides is 1. The molecule has 0 spiro atoms. The highest BCUT2D eigenvalue weighted by Crippen LogP contribution is 2.45. The maximum atomic E-state index is 11.9. The minimum Gasteiger partial charge on any atom is -0.506 e. The van der Waals surface area contributed by atoms with Crippen LogP contribution in [-0.4, -0.2) is 46.2 Å². The highest BCUT2D eigenvalue weighted by atomic mass is 32.2. The molecular formula is C29H47N3O3S. The molecule has 1 fully saturated rings. The molecule has 2 aromatic rings. The van der Waals surface area contributed by atoms with E-state index in [9.17, 15) is 9.90 Å². The third-order valence-electron chi connectivity index (χ3n) is 6.26. The van der Waals surface area contributed by atoms with Crippen LogP contribution in [0.15, 0.2) is 17.2 Å². The summed E-state index contributed by atoms with van der Waals surface area (Å²) in [6.45, 7) is 21.6. The third-order valence-corrected chi connectivity index (χ3v) is 7.43. The smallest absolute Gasteiger partial charge is 0.407 e. The number of nitrogens with zero attached hydrogens (tertiary/aromatic N) is 1. The van der Waals surface area contributed by atoms with E-state index in [1.54, 1.807) is 0 Å². The van der Waals surface area contributed by atoms with Crippen LogP contribution in [0.2, 0.25) is 0 Å². The topological polar surface area (TPSA) is 77.6 Å². The zero-order valence-corrected chi connectivity index (χ0v) is 24.6. The van der Waals surface area contributed by atoms with Crippen LogP contribution in [0.3, 0.4) is 0 Å². The molecule has 3 rings (SSSR count). The van der Waals surface area contributed by atoms with Crippen LogP contribution in [0.5, 0.6) is 5.75 Å². The molecule has 7 heteroatoms. The lowest BCUT2D eigenvalue weighted by Gasteiger charge is -2.34. The first-order valence-electron chi connectivity index (χ1n) is 13.3. The first-order chi connectivity index (χ1) is 16.5. The van der Waals surface area contributed by atoms with Gasteiger partial charge in [-0.1, -0.05) is 41.5 Å². The molecule has 36 heavy (non-hydrogen) atoms. The number of hydrogen-bond donors (Lipinski definition) is 3. The number of thioether (sulfide) groups is 1. The number of alkyl carbamates (subject to hydrolysis) is 1. The van der Waals surface area contributed by atoms with E-state index in [-0.39, 0.29) is 16.3 Å². The standard InChI is InChI=1S/C29H47N3O3S/c1-27(2,3)18-21-20-10-11-22(33)24(23(20)31-25(21)36-29(7,8)9)32-16-13-19(14-17-32)12-15-30-26(34)35-28(4,5)6/h10-11,19,31,33H,12-18H2,1-9H3,(H,30,34). The molecule has 0 atom stereocenters. The number of nitrogens with one attached hydrogen (secondary N) is 2. The molecule has 1 aromatic heterocycles. The molecule has 1 aliphatic heterocycles. The average molecular weight is 518 g/mol. The quantitative estimate of drug-likeness (QED) is 0.346. The van der Waals surface area contributed by atoms with Crippen LogP contribution in [0.4, 0.5) is 10.5 Å². The number of benzene rings is 1. The fraction of sp³-hybridized carbons (Fsp3) is 0.690. The molecule has 0 saturated carbocycles. The third kappa shape index (κ3) is 7.99. The van der Waals surface area contributed by atoms with Crippen molar-refractivity contribution in [2.75, 3.05) is 24.5 Å². The summed E-state index contributed by atoms with van der Waals surface area (Å²) in [5.41, 5.74) is 3.00. The van der Waals surface area contributed by atoms with Crippen LogP contribution in [0, 0.1) is 11.3 Å². The number of ether oxygens (including phenoxy) is 1. The molecule has 1 amide bonds. The van der Waals surface area contributed by atoms with Gasteiger partial charge in [0.25, 0.3) is 0 Å². The summed E-state index contributed by atoms with van der Waals surface area (Å²) in [5.74, 6) is 0.882. The lowest BCUT2D eigenvalue weighted by Crippen LogP contribution is -2.36. The van der Waals surface area contributed by atoms with Gasteiger partial charge in [-0.3, -0.25) is 0 Å². The van der Waals surface area contributed by atoms with Gasteiger partial charge in [-0.05, 0) is 75.5 Å². The number of hydrogen-bond acceptors (Lipinski definition) is 5. The minimum absolute atomic E-state index is 0.0847. The largest absolute Gasteiger partial charge is 0.506 e. The summed E-state index contributed by atoms with van der Waals surface area (Å²) in [6.07, 6.45) is 3.63. The highest BCUT2D eigenvalue weighted by Gasteiger charge is 2.28. The molecule has 1 saturated heterocycles. The van der Waals surface area contributed by atoms with Crippen molar-refractivity contribution >= 4 is 34.4 Å². The number of piperidine rings is 1. The second kappa shape index (κ2) is 10.8. The van der Waals surface area contributed by atoms with Gasteiger partial charge in [-0.2, -0.15) is 0 Å². The summed E-state index contributed by atoms with van der Waals surface area (Å²) in [4.78, 5) is 18.0. The molecule has 1 aromatic carbocycles. The monoisotopic (exact) mass is 517 g/mol. The summed E-state index contributed by atoms with van der Waals surface area (Å²) in [6, 6.07) is 3.94. The van der Waals surface area contributed by atoms with E-state index in [1.165, 1.54) is 16.0 Å². The predicted octanol–water partition coefficient (Wildman–Crippen LogP) is 7.48. The summed E-state index contributed by atoms with van der Waals surface area (Å²) < 4.78 is 5.42. The van der Waals surface area contributed by atoms with Crippen molar-refractivity contribution in [3.63, 3.8) is 0 Å². The summed E-state index contributed by atoms with van der Waals surface area (Å²) in [5, 5.41) is 16.3. The zero-order valence-electron chi connectivity index (χ0n) is 23.8. The lowest BCUT2D eigenvalue weighted by molar-refractivity contribution is 0.0524. The second-order valence-electron chi connectivity index (χ2n) is 13.4. The van der Waals surface area contributed by atoms with E-state index >= 15 is 0 Å². The number of aromatic nitrogens is 1. The highest BCUT2D eigenvalue weighted by molar-refractivity contribution is 8.00. The zero-order chi connectivity index (χ0) is 26.9. The number of carbonyl (C=O) groups is 1. The number of H-pyrrole nitrogens is 1. The van der Waals surface area contributed by atoms with Crippen molar-refractivity contribution in [3.8, 4) is 5.75 Å². The fourth-order valence-electron chi connectivity index (χ4n) is 4.83. The Morgan fingerprint density at radius 1 is 1.11 bits per heavy atom. The van der Waals surface area contributed by atoms with Crippen molar-refractivity contribution in [2.45, 2.75) is 103 Å². The Hall–Kier alpha value is -2.02. The number of phenols is 1. The van der Waals surface area contributed by atoms with Crippen LogP contribution in [0.1, 0.15) is 87.1 Å². The van der Waals surface area contributed by atoms with Gasteiger partial charge in [0.05, 0.1) is 10.5 Å². The van der Waals surface area contributed by atoms with Crippen molar-refractivity contribution < 1.29 is 14.6 Å². The van der Waals surface area contributed by atoms with E-state index in [1.807, 2.05) is 38.6 Å². The first kappa shape index (κ1) is 28.5. The van der Waals surface area contributed by atoms with Crippen molar-refractivity contribution in [3.05, 3.63) is 17.7 Å². The predicted molar refractivity (Wildman–Crippen MR) is 153 cm³/mol. The van der Waals surface area contributed by atoms with E-state index in [0.29, 0.717) is 18.2 Å². The molecule has 0 bridgehead atoms. The van der Waals surface area contributed by atoms with E-state index < -0.39 is 5.60 Å². The molecule has 6 nitrogen and oxygen atoms in total. The maximum absolute atomic E-state index is 11.9. The van der Waals surface area contributed by atoms with Gasteiger partial charge < -0.3 is 25.0 Å². The SMILES string of the molecule is CC(C)(C)Cc1c(SC(C)(C)C)[nH]c2c(N3CCC(CCNC(=O)OC(C)(C)C)CC3)c(O)ccc12. The number of carbonyl (C=O) groups excluding carboxylic acids is 1. The number of aromatic amines is 1. The van der Waals surface area contributed by atoms with E-state index in [2.05, 4.69) is 62.8 Å². The Morgan fingerprint density at radius 3 is 2.31 bits per heavy atom. The van der Waals surface area contributed by atoms with E-state index in [0.717, 1.165) is 50.0 Å². The van der Waals surface area contributed by atoms with Gasteiger partial charge in [-0.25, -0.2) is 4.79 Å². The van der Waals surface area contributed by atoms with Crippen molar-refractivity contribution in [1.29, 1.82) is 0 Å². The van der Waals surface area contributed by atoms with Gasteiger partial charge in [0.2, 0.25) is 0 Å². The number of phenolic OH excluding ortho intramolecular Hbond substituents is 1. The molecule has 2 heterocycles. The number of aromatic hydroxyl groups is 1. The van der Waals surface area contributed by atoms with Crippen LogP contribution >= 0.6 is 11.8 Å². The molecule has 202 valence electrons. The maximum Gasteiger partial charge on any atom is 0.407 e. The summed E-state index contributed by atoms with van der Waals surface area (Å²) >= 11 is 1.87. The number of anilines is 1. The summed E-state index contributed by atoms with van der Waals surface area (Å²) in [7, 11) is 0. The van der Waals surface area contributed by atoms with Gasteiger partial charge in [-0.15, -0.1) is 11.8 Å². The molecule has 0 radical (unpaired) electrons. The number of rotatable bonds is 6. The van der Waals surface area contributed by atoms with Gasteiger partial charge in [0.1, 0.15) is 17.0 Å². The van der Waals surface area contributed by atoms with Crippen molar-refractivity contribution in [2.24, 2.45) is 11.3 Å². The van der Waals surface area contributed by atoms with Crippen LogP contribution in [-0.2, 0) is 11.2 Å². The first-order valence-corrected chi connectivity index (χ1v) is 14.1. The number of fused-ring (bicyclic) bond motifs is 1. The van der Waals surface area contributed by atoms with E-state index in [4.69, 9.17) is 4.74 Å². The Balaban J connectivity index is 1.75. The van der Waals surface area contributed by atoms with Gasteiger partial charge >= 0.3 is 6.09 Å². The normalized spacial score (nSPS) is 16.0. The van der Waals surface area contributed by atoms with Crippen molar-refractivity contribution in [1.82, 2.24) is 10.3 Å². The fourth-order valence-corrected chi connectivity index (χ4v) is 5.90. The average Bonchev–Trinajstić information content (AvgIpc) is 3.01. The minimum atomic E-state index is -0.478. The molecular weight excluding hydrogens is 470 g/mol. The Bertz CT molecular complexity index is 1050. The van der Waals surface area contributed by atoms with Gasteiger partial charge in [0, 0.05) is 29.8 Å². The Kier molecular flexibility index (Phi) is 8.54. The Labute approximate surface area is 221 Å². The molecule has 0 unspecified atom stereocenters. The second-order valence-corrected chi connectivity index (χ2v) is 15.2. The lowest BCUT2D eigenvalue weighted by atomic mass is 9.88.